The molecule has 0 spiro atoms. The van der Waals surface area contributed by atoms with E-state index in [1.807, 2.05) is 6.92 Å². The number of carbonyl (C=O) groups excluding carboxylic acids is 1. The van der Waals surface area contributed by atoms with Gasteiger partial charge in [-0.05, 0) is 96.1 Å². The van der Waals surface area contributed by atoms with E-state index in [4.69, 9.17) is 15.2 Å². The molecular weight excluding hydrogens is 632 g/mol. The van der Waals surface area contributed by atoms with Crippen LogP contribution in [0.15, 0.2) is 18.0 Å². The number of carboxylic acid groups (broad SMARTS) is 1. The first kappa shape index (κ1) is 37.4. The summed E-state index contributed by atoms with van der Waals surface area (Å²) in [6.45, 7) is 25.4. The van der Waals surface area contributed by atoms with Crippen molar-refractivity contribution in [3.8, 4) is 0 Å². The molecule has 1 aliphatic heterocycles. The van der Waals surface area contributed by atoms with Crippen LogP contribution in [0.5, 0.6) is 0 Å². The monoisotopic (exact) mass is 698 g/mol. The summed E-state index contributed by atoms with van der Waals surface area (Å²) in [6.07, 6.45) is 9.11. The molecule has 4 aliphatic carbocycles. The molecule has 4 fully saturated rings. The van der Waals surface area contributed by atoms with Gasteiger partial charge in [0.2, 0.25) is 0 Å². The number of allylic oxidation sites excluding steroid dienone is 1. The Morgan fingerprint density at radius 2 is 1.84 bits per heavy atom. The van der Waals surface area contributed by atoms with Crippen molar-refractivity contribution < 1.29 is 29.0 Å². The highest BCUT2D eigenvalue weighted by atomic mass is 16.5. The largest absolute Gasteiger partial charge is 0.481 e. The molecule has 5 aliphatic rings. The normalized spacial score (nSPS) is 42.8. The minimum absolute atomic E-state index is 0.186. The molecule has 1 unspecified atom stereocenters. The molecule has 0 radical (unpaired) electrons. The number of hydrogen-bond acceptors (Lipinski definition) is 7. The van der Waals surface area contributed by atoms with Crippen LogP contribution in [0.25, 0.3) is 0 Å². The molecule has 1 saturated heterocycles. The van der Waals surface area contributed by atoms with Crippen LogP contribution in [-0.4, -0.2) is 63.5 Å². The van der Waals surface area contributed by atoms with Crippen LogP contribution >= 0.6 is 0 Å². The molecule has 50 heavy (non-hydrogen) atoms. The summed E-state index contributed by atoms with van der Waals surface area (Å²) < 4.78 is 13.7. The lowest BCUT2D eigenvalue weighted by molar-refractivity contribution is -0.855. The lowest BCUT2D eigenvalue weighted by atomic mass is 9.34. The summed E-state index contributed by atoms with van der Waals surface area (Å²) in [4.78, 5) is 29.2. The van der Waals surface area contributed by atoms with Gasteiger partial charge in [-0.2, -0.15) is 5.43 Å². The minimum Gasteiger partial charge on any atom is -0.481 e. The molecule has 280 valence electrons. The highest BCUT2D eigenvalue weighted by molar-refractivity contribution is 5.80. The molecule has 2 bridgehead atoms. The third kappa shape index (κ3) is 5.25. The molecule has 6 rings (SSSR count). The van der Waals surface area contributed by atoms with Crippen molar-refractivity contribution in [3.05, 3.63) is 18.0 Å². The average Bonchev–Trinajstić information content (AvgIpc) is 3.47. The van der Waals surface area contributed by atoms with E-state index in [0.717, 1.165) is 32.1 Å². The minimum atomic E-state index is -0.648. The lowest BCUT2D eigenvalue weighted by Crippen LogP contribution is -2.73. The molecule has 4 N–H and O–H groups in total. The van der Waals surface area contributed by atoms with Crippen LogP contribution in [0.2, 0.25) is 0 Å². The van der Waals surface area contributed by atoms with Crippen molar-refractivity contribution in [2.45, 2.75) is 132 Å². The number of aromatic nitrogens is 4. The number of amides is 1. The number of aliphatic carboxylic acids is 1. The molecule has 12 atom stereocenters. The van der Waals surface area contributed by atoms with E-state index < -0.39 is 22.8 Å². The summed E-state index contributed by atoms with van der Waals surface area (Å²) in [5, 5.41) is 19.9. The zero-order valence-corrected chi connectivity index (χ0v) is 32.6. The van der Waals surface area contributed by atoms with Crippen molar-refractivity contribution in [3.63, 3.8) is 0 Å². The second-order valence-electron chi connectivity index (χ2n) is 19.2. The maximum atomic E-state index is 13.5. The van der Waals surface area contributed by atoms with Crippen molar-refractivity contribution in [2.75, 3.05) is 25.2 Å². The number of nitrogens with zero attached hydrogens (tertiary/aromatic N) is 4. The predicted octanol–water partition coefficient (Wildman–Crippen LogP) is 5.54. The highest BCUT2D eigenvalue weighted by Crippen LogP contribution is 2.75. The first-order valence-corrected chi connectivity index (χ1v) is 19.2. The van der Waals surface area contributed by atoms with E-state index in [0.29, 0.717) is 38.1 Å². The molecule has 2 heterocycles. The lowest BCUT2D eigenvalue weighted by Gasteiger charge is -2.71. The Morgan fingerprint density at radius 3 is 2.46 bits per heavy atom. The number of hydrogen-bond donors (Lipinski definition) is 3. The van der Waals surface area contributed by atoms with Gasteiger partial charge in [0.05, 0.1) is 31.0 Å². The van der Waals surface area contributed by atoms with Gasteiger partial charge in [0.25, 0.3) is 12.2 Å². The number of nitrogens with one attached hydrogen (secondary N) is 1. The van der Waals surface area contributed by atoms with Crippen molar-refractivity contribution in [2.24, 2.45) is 68.3 Å². The van der Waals surface area contributed by atoms with Gasteiger partial charge in [-0.3, -0.25) is 9.59 Å². The fraction of sp³-hybridized carbons (Fsp3) is 0.872. The predicted molar refractivity (Wildman–Crippen MR) is 190 cm³/mol. The standard InChI is InChI=1S/C39H64N6O5/c1-23(2)25(5)34(7)16-17-36(9)27-12-13-30-35(8)19-49-21-39(30,28(27)14-15-37(36,10)31(34)33(47)48)18-29(32(35)50-20-38(11,40)24(3)4)45-43-41-22-44(45)42-26(6)46/h14,22-25,27,29-32H,12-13,15-21,40H2,1-11H3,(H-,42,43,46,47,48)/p+1/t25-,27+,29-,30+,31?,32+,34-,35-,36-,37+,38+,39+/m1/s1. The van der Waals surface area contributed by atoms with Crippen LogP contribution in [0.1, 0.15) is 121 Å². The fourth-order valence-corrected chi connectivity index (χ4v) is 12.2. The van der Waals surface area contributed by atoms with Gasteiger partial charge in [0.1, 0.15) is 6.10 Å². The van der Waals surface area contributed by atoms with Crippen molar-refractivity contribution in [1.82, 2.24) is 15.1 Å². The Kier molecular flexibility index (Phi) is 9.24. The number of rotatable bonds is 9. The molecular formula is C39H65N6O5+. The first-order valence-electron chi connectivity index (χ1n) is 19.2. The number of ether oxygens (including phenoxy) is 2. The molecule has 11 heteroatoms. The summed E-state index contributed by atoms with van der Waals surface area (Å²) in [5.41, 5.74) is 9.06. The van der Waals surface area contributed by atoms with Gasteiger partial charge in [0, 0.05) is 28.4 Å². The quantitative estimate of drug-likeness (QED) is 0.225. The van der Waals surface area contributed by atoms with Gasteiger partial charge in [-0.1, -0.05) is 78.8 Å². The smallest absolute Gasteiger partial charge is 0.307 e. The van der Waals surface area contributed by atoms with E-state index in [9.17, 15) is 14.7 Å². The molecule has 1 aromatic heterocycles. The number of nitrogens with two attached hydrogens (primary N) is 1. The van der Waals surface area contributed by atoms with Crippen LogP contribution < -0.4 is 16.0 Å². The Labute approximate surface area is 299 Å². The van der Waals surface area contributed by atoms with Gasteiger partial charge in [-0.15, -0.1) is 0 Å². The van der Waals surface area contributed by atoms with Crippen LogP contribution in [0.4, 0.5) is 0 Å². The number of carboxylic acids is 1. The topological polar surface area (TPSA) is 145 Å². The van der Waals surface area contributed by atoms with Crippen LogP contribution in [-0.2, 0) is 19.1 Å². The Hall–Kier alpha value is -2.37. The second kappa shape index (κ2) is 12.4. The second-order valence-corrected chi connectivity index (χ2v) is 19.2. The molecule has 11 nitrogen and oxygen atoms in total. The molecule has 0 aromatic carbocycles. The third-order valence-corrected chi connectivity index (χ3v) is 16.1. The SMILES string of the molecule is CC(=O)Nn1cnn[n+]1[C@@H]1C[C@@]23COC[C@](C)([C@@H]2CC[C@H]2C3=CC[C@@]3(C)C(C(=O)O)[C@@](C)([C@H](C)C(C)C)CC[C@]23C)[C@H]1OC[C@](C)(N)C(C)C. The van der Waals surface area contributed by atoms with E-state index in [-0.39, 0.29) is 57.5 Å². The van der Waals surface area contributed by atoms with E-state index in [1.165, 1.54) is 18.8 Å². The Balaban J connectivity index is 1.47. The molecule has 1 amide bonds. The number of tetrazole rings is 1. The maximum absolute atomic E-state index is 13.5. The third-order valence-electron chi connectivity index (χ3n) is 16.1. The van der Waals surface area contributed by atoms with Gasteiger partial charge < -0.3 is 20.3 Å². The van der Waals surface area contributed by atoms with E-state index in [2.05, 4.69) is 84.1 Å². The zero-order valence-electron chi connectivity index (χ0n) is 32.6. The van der Waals surface area contributed by atoms with Crippen molar-refractivity contribution >= 4 is 11.9 Å². The average molecular weight is 698 g/mol. The fourth-order valence-electron chi connectivity index (χ4n) is 12.2. The zero-order chi connectivity index (χ0) is 36.8. The van der Waals surface area contributed by atoms with Gasteiger partial charge in [-0.25, -0.2) is 0 Å². The van der Waals surface area contributed by atoms with E-state index in [1.54, 1.807) is 9.59 Å². The van der Waals surface area contributed by atoms with E-state index >= 15 is 0 Å². The van der Waals surface area contributed by atoms with Crippen LogP contribution in [0.3, 0.4) is 0 Å². The summed E-state index contributed by atoms with van der Waals surface area (Å²) in [7, 11) is 0. The summed E-state index contributed by atoms with van der Waals surface area (Å²) >= 11 is 0. The highest BCUT2D eigenvalue weighted by Gasteiger charge is 2.72. The number of fused-ring (bicyclic) bond motifs is 3. The van der Waals surface area contributed by atoms with Gasteiger partial charge in [0.15, 0.2) is 6.04 Å². The van der Waals surface area contributed by atoms with Gasteiger partial charge >= 0.3 is 5.97 Å². The van der Waals surface area contributed by atoms with Crippen molar-refractivity contribution in [1.29, 1.82) is 0 Å². The summed E-state index contributed by atoms with van der Waals surface area (Å²) in [6, 6.07) is -0.258. The molecule has 1 aromatic rings. The maximum Gasteiger partial charge on any atom is 0.307 e. The van der Waals surface area contributed by atoms with Crippen LogP contribution in [0, 0.1) is 62.6 Å². The first-order chi connectivity index (χ1) is 23.2. The Morgan fingerprint density at radius 1 is 1.14 bits per heavy atom. The summed E-state index contributed by atoms with van der Waals surface area (Å²) in [5.74, 6) is 0.143. The molecule has 3 saturated carbocycles. The Bertz CT molecular complexity index is 1520. The number of carbonyl (C=O) groups is 2.